The van der Waals surface area contributed by atoms with Crippen molar-refractivity contribution in [3.05, 3.63) is 59.2 Å². The Kier molecular flexibility index (Phi) is 6.29. The zero-order valence-electron chi connectivity index (χ0n) is 17.1. The molecule has 3 rings (SSSR count). The van der Waals surface area contributed by atoms with E-state index in [1.165, 1.54) is 6.07 Å². The number of nitrogens with zero attached hydrogens (tertiary/aromatic N) is 1. The number of aromatic nitrogens is 1. The van der Waals surface area contributed by atoms with Crippen molar-refractivity contribution in [1.29, 1.82) is 0 Å². The van der Waals surface area contributed by atoms with Crippen molar-refractivity contribution in [2.24, 2.45) is 11.7 Å². The molecule has 0 radical (unpaired) electrons. The minimum atomic E-state index is -4.55. The summed E-state index contributed by atoms with van der Waals surface area (Å²) in [7, 11) is 0. The van der Waals surface area contributed by atoms with Gasteiger partial charge in [-0.05, 0) is 73.7 Å². The molecule has 0 saturated carbocycles. The van der Waals surface area contributed by atoms with Gasteiger partial charge >= 0.3 is 6.18 Å². The van der Waals surface area contributed by atoms with Crippen LogP contribution in [-0.4, -0.2) is 17.1 Å². The average molecular weight is 437 g/mol. The topological polar surface area (TPSA) is 48.1 Å². The Morgan fingerprint density at radius 1 is 1.10 bits per heavy atom. The highest BCUT2D eigenvalue weighted by Crippen LogP contribution is 2.40. The predicted octanol–water partition coefficient (Wildman–Crippen LogP) is 6.72. The number of benzene rings is 2. The first kappa shape index (κ1) is 22.4. The fraction of sp³-hybridized carbons (Fsp3) is 0.348. The van der Waals surface area contributed by atoms with Gasteiger partial charge in [-0.15, -0.1) is 0 Å². The van der Waals surface area contributed by atoms with Crippen molar-refractivity contribution in [3.8, 4) is 16.9 Å². The fourth-order valence-electron chi connectivity index (χ4n) is 3.60. The van der Waals surface area contributed by atoms with E-state index in [1.54, 1.807) is 36.5 Å². The van der Waals surface area contributed by atoms with Crippen LogP contribution in [0.4, 0.5) is 13.2 Å². The molecule has 0 spiro atoms. The zero-order valence-corrected chi connectivity index (χ0v) is 17.8. The number of ether oxygens (including phenoxy) is 1. The lowest BCUT2D eigenvalue weighted by Gasteiger charge is -2.24. The number of fused-ring (bicyclic) bond motifs is 1. The van der Waals surface area contributed by atoms with E-state index in [1.807, 2.05) is 20.8 Å². The van der Waals surface area contributed by atoms with Crippen LogP contribution >= 0.6 is 11.6 Å². The molecule has 0 amide bonds. The second-order valence-electron chi connectivity index (χ2n) is 8.34. The smallest absolute Gasteiger partial charge is 0.419 e. The molecule has 0 aliphatic rings. The third kappa shape index (κ3) is 5.43. The van der Waals surface area contributed by atoms with Crippen molar-refractivity contribution in [3.63, 3.8) is 0 Å². The van der Waals surface area contributed by atoms with E-state index >= 15 is 0 Å². The molecule has 0 aliphatic heterocycles. The Hall–Kier alpha value is -2.31. The summed E-state index contributed by atoms with van der Waals surface area (Å²) < 4.78 is 46.9. The first-order valence-corrected chi connectivity index (χ1v) is 9.99. The van der Waals surface area contributed by atoms with Crippen LogP contribution in [0, 0.1) is 5.92 Å². The summed E-state index contributed by atoms with van der Waals surface area (Å²) in [6.45, 7) is 5.81. The lowest BCUT2D eigenvalue weighted by Crippen LogP contribution is -2.35. The van der Waals surface area contributed by atoms with Crippen molar-refractivity contribution in [1.82, 2.24) is 4.98 Å². The quantitative estimate of drug-likeness (QED) is 0.466. The maximum Gasteiger partial charge on any atom is 0.419 e. The summed E-state index contributed by atoms with van der Waals surface area (Å²) in [6, 6.07) is 10.9. The van der Waals surface area contributed by atoms with Crippen LogP contribution in [0.25, 0.3) is 22.0 Å². The molecule has 0 unspecified atom stereocenters. The SMILES string of the molecule is C[C@H](COc1ccc(-c2ccnc3ccc(Cl)cc23)cc1C(F)(F)F)CC(C)(C)N. The maximum atomic E-state index is 13.8. The van der Waals surface area contributed by atoms with E-state index in [0.29, 0.717) is 33.5 Å². The van der Waals surface area contributed by atoms with Gasteiger partial charge in [0.15, 0.2) is 0 Å². The Bertz CT molecular complexity index is 1040. The third-order valence-corrected chi connectivity index (χ3v) is 4.93. The summed E-state index contributed by atoms with van der Waals surface area (Å²) in [6.07, 6.45) is -2.35. The van der Waals surface area contributed by atoms with Crippen LogP contribution in [0.1, 0.15) is 32.8 Å². The average Bonchev–Trinajstić information content (AvgIpc) is 2.63. The van der Waals surface area contributed by atoms with Gasteiger partial charge in [0.2, 0.25) is 0 Å². The second-order valence-corrected chi connectivity index (χ2v) is 8.77. The van der Waals surface area contributed by atoms with Gasteiger partial charge in [-0.2, -0.15) is 13.2 Å². The molecule has 7 heteroatoms. The van der Waals surface area contributed by atoms with E-state index in [4.69, 9.17) is 22.1 Å². The Labute approximate surface area is 179 Å². The largest absolute Gasteiger partial charge is 0.493 e. The molecule has 2 aromatic carbocycles. The second kappa shape index (κ2) is 8.44. The summed E-state index contributed by atoms with van der Waals surface area (Å²) in [5, 5.41) is 1.18. The zero-order chi connectivity index (χ0) is 22.1. The van der Waals surface area contributed by atoms with Crippen LogP contribution in [-0.2, 0) is 6.18 Å². The first-order chi connectivity index (χ1) is 13.9. The van der Waals surface area contributed by atoms with Gasteiger partial charge in [0.05, 0.1) is 17.7 Å². The molecule has 0 aliphatic carbocycles. The van der Waals surface area contributed by atoms with Crippen molar-refractivity contribution < 1.29 is 17.9 Å². The van der Waals surface area contributed by atoms with Crippen LogP contribution < -0.4 is 10.5 Å². The monoisotopic (exact) mass is 436 g/mol. The number of halogens is 4. The molecule has 3 nitrogen and oxygen atoms in total. The molecule has 1 aromatic heterocycles. The maximum absolute atomic E-state index is 13.8. The summed E-state index contributed by atoms with van der Waals surface area (Å²) in [5.41, 5.74) is 6.46. The van der Waals surface area contributed by atoms with Crippen molar-refractivity contribution in [2.75, 3.05) is 6.61 Å². The standard InChI is InChI=1S/C23H24ClF3N2O/c1-14(12-22(2,3)28)13-30-21-7-4-15(10-19(21)23(25,26)27)17-8-9-29-20-6-5-16(24)11-18(17)20/h4-11,14H,12-13,28H2,1-3H3/t14-/m0/s1. The van der Waals surface area contributed by atoms with Gasteiger partial charge in [0.25, 0.3) is 0 Å². The molecule has 2 N–H and O–H groups in total. The molecule has 0 saturated heterocycles. The van der Waals surface area contributed by atoms with Gasteiger partial charge in [0.1, 0.15) is 5.75 Å². The first-order valence-electron chi connectivity index (χ1n) is 9.61. The lowest BCUT2D eigenvalue weighted by atomic mass is 9.93. The molecule has 0 fully saturated rings. The van der Waals surface area contributed by atoms with Gasteiger partial charge < -0.3 is 10.5 Å². The molecule has 30 heavy (non-hydrogen) atoms. The van der Waals surface area contributed by atoms with Gasteiger partial charge in [-0.25, -0.2) is 0 Å². The van der Waals surface area contributed by atoms with Crippen LogP contribution in [0.2, 0.25) is 5.02 Å². The van der Waals surface area contributed by atoms with Crippen LogP contribution in [0.3, 0.4) is 0 Å². The van der Waals surface area contributed by atoms with Crippen LogP contribution in [0.5, 0.6) is 5.75 Å². The molecule has 1 heterocycles. The van der Waals surface area contributed by atoms with E-state index in [0.717, 1.165) is 6.07 Å². The molecular weight excluding hydrogens is 413 g/mol. The lowest BCUT2D eigenvalue weighted by molar-refractivity contribution is -0.139. The highest BCUT2D eigenvalue weighted by atomic mass is 35.5. The summed E-state index contributed by atoms with van der Waals surface area (Å²) in [5.74, 6) is -0.179. The molecule has 3 aromatic rings. The van der Waals surface area contributed by atoms with Crippen LogP contribution in [0.15, 0.2) is 48.7 Å². The highest BCUT2D eigenvalue weighted by molar-refractivity contribution is 6.31. The normalized spacial score (nSPS) is 13.5. The van der Waals surface area contributed by atoms with Crippen molar-refractivity contribution in [2.45, 2.75) is 38.9 Å². The van der Waals surface area contributed by atoms with Gasteiger partial charge in [-0.3, -0.25) is 4.98 Å². The number of alkyl halides is 3. The van der Waals surface area contributed by atoms with Gasteiger partial charge in [-0.1, -0.05) is 24.6 Å². The van der Waals surface area contributed by atoms with Crippen molar-refractivity contribution >= 4 is 22.5 Å². The Balaban J connectivity index is 1.97. The van der Waals surface area contributed by atoms with E-state index < -0.39 is 17.3 Å². The summed E-state index contributed by atoms with van der Waals surface area (Å²) in [4.78, 5) is 4.26. The number of hydrogen-bond donors (Lipinski definition) is 1. The third-order valence-electron chi connectivity index (χ3n) is 4.70. The van der Waals surface area contributed by atoms with E-state index in [9.17, 15) is 13.2 Å². The molecule has 160 valence electrons. The van der Waals surface area contributed by atoms with E-state index in [2.05, 4.69) is 4.98 Å². The highest BCUT2D eigenvalue weighted by Gasteiger charge is 2.35. The predicted molar refractivity (Wildman–Crippen MR) is 115 cm³/mol. The molecule has 1 atom stereocenters. The Morgan fingerprint density at radius 3 is 2.50 bits per heavy atom. The molecule has 0 bridgehead atoms. The minimum Gasteiger partial charge on any atom is -0.493 e. The minimum absolute atomic E-state index is 0.0112. The number of rotatable bonds is 6. The number of hydrogen-bond acceptors (Lipinski definition) is 3. The number of nitrogens with two attached hydrogens (primary N) is 1. The van der Waals surface area contributed by atoms with Gasteiger partial charge in [0, 0.05) is 22.1 Å². The Morgan fingerprint density at radius 2 is 1.83 bits per heavy atom. The fourth-order valence-corrected chi connectivity index (χ4v) is 3.78. The summed E-state index contributed by atoms with van der Waals surface area (Å²) >= 11 is 6.09. The van der Waals surface area contributed by atoms with E-state index in [-0.39, 0.29) is 18.3 Å². The molecular formula is C23H24ClF3N2O. The number of pyridine rings is 1.